The van der Waals surface area contributed by atoms with E-state index < -0.39 is 6.04 Å². The number of rotatable bonds is 3. The third kappa shape index (κ3) is 3.59. The van der Waals surface area contributed by atoms with E-state index in [4.69, 9.17) is 0 Å². The van der Waals surface area contributed by atoms with E-state index >= 15 is 0 Å². The van der Waals surface area contributed by atoms with E-state index in [1.165, 1.54) is 0 Å². The maximum absolute atomic E-state index is 12.3. The van der Waals surface area contributed by atoms with Crippen LogP contribution in [0.15, 0.2) is 30.3 Å². The van der Waals surface area contributed by atoms with Gasteiger partial charge >= 0.3 is 0 Å². The van der Waals surface area contributed by atoms with Crippen LogP contribution in [-0.4, -0.2) is 35.8 Å². The number of carbonyl (C=O) groups excluding carboxylic acids is 2. The molecule has 2 amide bonds. The maximum Gasteiger partial charge on any atom is 0.251 e. The topological polar surface area (TPSA) is 49.4 Å². The smallest absolute Gasteiger partial charge is 0.251 e. The Morgan fingerprint density at radius 1 is 1.20 bits per heavy atom. The van der Waals surface area contributed by atoms with Crippen molar-refractivity contribution < 1.29 is 9.59 Å². The van der Waals surface area contributed by atoms with Crippen molar-refractivity contribution in [1.29, 1.82) is 0 Å². The molecule has 0 saturated carbocycles. The van der Waals surface area contributed by atoms with Crippen molar-refractivity contribution in [3.8, 4) is 0 Å². The summed E-state index contributed by atoms with van der Waals surface area (Å²) in [4.78, 5) is 26.2. The fraction of sp³-hybridized carbons (Fsp3) is 0.500. The van der Waals surface area contributed by atoms with Gasteiger partial charge in [0.1, 0.15) is 6.04 Å². The lowest BCUT2D eigenvalue weighted by Gasteiger charge is -2.32. The lowest BCUT2D eigenvalue weighted by atomic mass is 9.99. The summed E-state index contributed by atoms with van der Waals surface area (Å²) in [6, 6.07) is 8.50. The number of hydrogen-bond donors (Lipinski definition) is 1. The van der Waals surface area contributed by atoms with E-state index in [2.05, 4.69) is 12.2 Å². The molecule has 1 heterocycles. The number of hydrogen-bond acceptors (Lipinski definition) is 2. The highest BCUT2D eigenvalue weighted by Crippen LogP contribution is 2.16. The molecule has 0 unspecified atom stereocenters. The Morgan fingerprint density at radius 3 is 2.40 bits per heavy atom. The molecule has 20 heavy (non-hydrogen) atoms. The number of piperidine rings is 1. The van der Waals surface area contributed by atoms with Crippen molar-refractivity contribution in [3.63, 3.8) is 0 Å². The average molecular weight is 274 g/mol. The number of benzene rings is 1. The molecule has 0 aromatic heterocycles. The highest BCUT2D eigenvalue weighted by Gasteiger charge is 2.25. The summed E-state index contributed by atoms with van der Waals surface area (Å²) in [5.41, 5.74) is 0.583. The number of carbonyl (C=O) groups is 2. The van der Waals surface area contributed by atoms with Gasteiger partial charge in [-0.05, 0) is 37.8 Å². The zero-order valence-electron chi connectivity index (χ0n) is 12.1. The van der Waals surface area contributed by atoms with Crippen LogP contribution in [0.2, 0.25) is 0 Å². The average Bonchev–Trinajstić information content (AvgIpc) is 2.48. The standard InChI is InChI=1S/C16H22N2O2/c1-12-8-10-18(11-9-12)16(20)13(2)17-15(19)14-6-4-3-5-7-14/h3-7,12-13H,8-11H2,1-2H3,(H,17,19)/t13-/m0/s1. The highest BCUT2D eigenvalue weighted by atomic mass is 16.2. The first-order valence-electron chi connectivity index (χ1n) is 7.22. The van der Waals surface area contributed by atoms with Crippen molar-refractivity contribution in [1.82, 2.24) is 10.2 Å². The summed E-state index contributed by atoms with van der Waals surface area (Å²) >= 11 is 0. The van der Waals surface area contributed by atoms with E-state index in [1.807, 2.05) is 23.1 Å². The number of likely N-dealkylation sites (tertiary alicyclic amines) is 1. The van der Waals surface area contributed by atoms with Gasteiger partial charge in [-0.25, -0.2) is 0 Å². The summed E-state index contributed by atoms with van der Waals surface area (Å²) < 4.78 is 0. The Labute approximate surface area is 120 Å². The molecule has 1 N–H and O–H groups in total. The van der Waals surface area contributed by atoms with E-state index in [1.54, 1.807) is 19.1 Å². The molecule has 0 bridgehead atoms. The molecule has 4 heteroatoms. The number of nitrogens with zero attached hydrogens (tertiary/aromatic N) is 1. The van der Waals surface area contributed by atoms with E-state index in [0.717, 1.165) is 25.9 Å². The van der Waals surface area contributed by atoms with Gasteiger partial charge in [0.15, 0.2) is 0 Å². The second-order valence-electron chi connectivity index (χ2n) is 5.57. The Hall–Kier alpha value is -1.84. The summed E-state index contributed by atoms with van der Waals surface area (Å²) in [5.74, 6) is 0.506. The predicted molar refractivity (Wildman–Crippen MR) is 78.3 cm³/mol. The Balaban J connectivity index is 1.89. The minimum atomic E-state index is -0.476. The predicted octanol–water partition coefficient (Wildman–Crippen LogP) is 2.06. The second kappa shape index (κ2) is 6.55. The van der Waals surface area contributed by atoms with Gasteiger partial charge in [0, 0.05) is 18.7 Å². The molecule has 108 valence electrons. The van der Waals surface area contributed by atoms with Crippen LogP contribution in [0.25, 0.3) is 0 Å². The lowest BCUT2D eigenvalue weighted by Crippen LogP contribution is -2.49. The Morgan fingerprint density at radius 2 is 1.80 bits per heavy atom. The third-order valence-electron chi connectivity index (χ3n) is 3.85. The summed E-state index contributed by atoms with van der Waals surface area (Å²) in [6.45, 7) is 5.56. The summed E-state index contributed by atoms with van der Waals surface area (Å²) in [6.07, 6.45) is 2.09. The monoisotopic (exact) mass is 274 g/mol. The normalized spacial score (nSPS) is 17.6. The van der Waals surface area contributed by atoms with Gasteiger partial charge in [-0.3, -0.25) is 9.59 Å². The first-order chi connectivity index (χ1) is 9.58. The molecule has 1 fully saturated rings. The molecule has 1 aliphatic heterocycles. The van der Waals surface area contributed by atoms with Crippen LogP contribution < -0.4 is 5.32 Å². The van der Waals surface area contributed by atoms with Crippen LogP contribution in [0.4, 0.5) is 0 Å². The van der Waals surface area contributed by atoms with Gasteiger partial charge in [-0.15, -0.1) is 0 Å². The molecule has 0 spiro atoms. The molecule has 1 aliphatic rings. The van der Waals surface area contributed by atoms with Crippen molar-refractivity contribution >= 4 is 11.8 Å². The third-order valence-corrected chi connectivity index (χ3v) is 3.85. The molecule has 1 aromatic carbocycles. The van der Waals surface area contributed by atoms with Gasteiger partial charge < -0.3 is 10.2 Å². The molecular formula is C16H22N2O2. The van der Waals surface area contributed by atoms with Crippen LogP contribution in [0.3, 0.4) is 0 Å². The van der Waals surface area contributed by atoms with E-state index in [-0.39, 0.29) is 11.8 Å². The van der Waals surface area contributed by atoms with E-state index in [9.17, 15) is 9.59 Å². The molecule has 2 rings (SSSR count). The molecule has 1 atom stereocenters. The van der Waals surface area contributed by atoms with Gasteiger partial charge in [-0.1, -0.05) is 25.1 Å². The number of amides is 2. The lowest BCUT2D eigenvalue weighted by molar-refractivity contribution is -0.134. The molecular weight excluding hydrogens is 252 g/mol. The minimum absolute atomic E-state index is 0.0150. The summed E-state index contributed by atoms with van der Waals surface area (Å²) in [5, 5.41) is 2.77. The van der Waals surface area contributed by atoms with Crippen LogP contribution in [0.1, 0.15) is 37.0 Å². The van der Waals surface area contributed by atoms with Crippen molar-refractivity contribution in [3.05, 3.63) is 35.9 Å². The van der Waals surface area contributed by atoms with Crippen LogP contribution >= 0.6 is 0 Å². The van der Waals surface area contributed by atoms with Crippen LogP contribution in [0, 0.1) is 5.92 Å². The van der Waals surface area contributed by atoms with Crippen molar-refractivity contribution in [2.75, 3.05) is 13.1 Å². The Kier molecular flexibility index (Phi) is 4.77. The van der Waals surface area contributed by atoms with Crippen LogP contribution in [0.5, 0.6) is 0 Å². The molecule has 0 radical (unpaired) electrons. The summed E-state index contributed by atoms with van der Waals surface area (Å²) in [7, 11) is 0. The number of nitrogens with one attached hydrogen (secondary N) is 1. The largest absolute Gasteiger partial charge is 0.341 e. The van der Waals surface area contributed by atoms with Crippen LogP contribution in [-0.2, 0) is 4.79 Å². The molecule has 1 aromatic rings. The molecule has 0 aliphatic carbocycles. The van der Waals surface area contributed by atoms with Crippen molar-refractivity contribution in [2.24, 2.45) is 5.92 Å². The minimum Gasteiger partial charge on any atom is -0.341 e. The fourth-order valence-corrected chi connectivity index (χ4v) is 2.43. The molecule has 1 saturated heterocycles. The zero-order chi connectivity index (χ0) is 14.5. The van der Waals surface area contributed by atoms with Crippen molar-refractivity contribution in [2.45, 2.75) is 32.7 Å². The van der Waals surface area contributed by atoms with Gasteiger partial charge in [0.2, 0.25) is 5.91 Å². The molecule has 4 nitrogen and oxygen atoms in total. The first-order valence-corrected chi connectivity index (χ1v) is 7.22. The van der Waals surface area contributed by atoms with Gasteiger partial charge in [0.25, 0.3) is 5.91 Å². The van der Waals surface area contributed by atoms with Gasteiger partial charge in [0.05, 0.1) is 0 Å². The SMILES string of the molecule is CC1CCN(C(=O)[C@H](C)NC(=O)c2ccccc2)CC1. The van der Waals surface area contributed by atoms with Gasteiger partial charge in [-0.2, -0.15) is 0 Å². The highest BCUT2D eigenvalue weighted by molar-refractivity contribution is 5.97. The van der Waals surface area contributed by atoms with E-state index in [0.29, 0.717) is 11.5 Å². The second-order valence-corrected chi connectivity index (χ2v) is 5.57. The maximum atomic E-state index is 12.3. The first kappa shape index (κ1) is 14.6. The zero-order valence-corrected chi connectivity index (χ0v) is 12.1. The fourth-order valence-electron chi connectivity index (χ4n) is 2.43. The Bertz CT molecular complexity index is 465. The quantitative estimate of drug-likeness (QED) is 0.917.